The zero-order valence-electron chi connectivity index (χ0n) is 10.2. The molecule has 0 atom stereocenters. The van der Waals surface area contributed by atoms with E-state index in [1.807, 2.05) is 10.8 Å². The van der Waals surface area contributed by atoms with E-state index in [4.69, 9.17) is 17.3 Å². The van der Waals surface area contributed by atoms with Crippen LogP contribution in [0.25, 0.3) is 0 Å². The van der Waals surface area contributed by atoms with Crippen LogP contribution in [-0.4, -0.2) is 27.0 Å². The van der Waals surface area contributed by atoms with Crippen molar-refractivity contribution in [1.82, 2.24) is 19.9 Å². The number of nitrogens with one attached hydrogen (secondary N) is 1. The first kappa shape index (κ1) is 13.4. The van der Waals surface area contributed by atoms with Gasteiger partial charge in [-0.2, -0.15) is 0 Å². The Morgan fingerprint density at radius 2 is 2.32 bits per heavy atom. The number of nitrogens with two attached hydrogens (primary N) is 1. The minimum absolute atomic E-state index is 0.207. The first-order valence-corrected chi connectivity index (χ1v) is 6.20. The van der Waals surface area contributed by atoms with E-state index in [2.05, 4.69) is 15.3 Å². The molecule has 1 amide bonds. The Labute approximate surface area is 115 Å². The maximum Gasteiger partial charge on any atom is 0.251 e. The second-order valence-corrected chi connectivity index (χ2v) is 4.40. The van der Waals surface area contributed by atoms with Crippen LogP contribution in [0.5, 0.6) is 0 Å². The molecule has 0 fully saturated rings. The molecule has 0 bridgehead atoms. The largest absolute Gasteiger partial charge is 0.384 e. The van der Waals surface area contributed by atoms with Gasteiger partial charge in [-0.25, -0.2) is 9.97 Å². The molecule has 0 aliphatic heterocycles. The molecular weight excluding hydrogens is 266 g/mol. The molecule has 2 aromatic heterocycles. The summed E-state index contributed by atoms with van der Waals surface area (Å²) in [6, 6.07) is 2.99. The number of amides is 1. The highest BCUT2D eigenvalue weighted by atomic mass is 35.5. The van der Waals surface area contributed by atoms with Gasteiger partial charge in [0, 0.05) is 31.0 Å². The summed E-state index contributed by atoms with van der Waals surface area (Å²) in [6.07, 6.45) is 6.16. The summed E-state index contributed by atoms with van der Waals surface area (Å²) in [5.41, 5.74) is 5.95. The van der Waals surface area contributed by atoms with Crippen molar-refractivity contribution >= 4 is 23.3 Å². The zero-order valence-corrected chi connectivity index (χ0v) is 11.0. The van der Waals surface area contributed by atoms with E-state index in [0.717, 1.165) is 13.0 Å². The molecule has 0 unspecified atom stereocenters. The fourth-order valence-corrected chi connectivity index (χ4v) is 1.85. The van der Waals surface area contributed by atoms with Gasteiger partial charge >= 0.3 is 0 Å². The number of halogens is 1. The van der Waals surface area contributed by atoms with Crippen molar-refractivity contribution in [2.24, 2.45) is 0 Å². The van der Waals surface area contributed by atoms with Crippen LogP contribution in [0.3, 0.4) is 0 Å². The summed E-state index contributed by atoms with van der Waals surface area (Å²) in [4.78, 5) is 19.6. The number of carbonyl (C=O) groups is 1. The molecule has 100 valence electrons. The third-order valence-electron chi connectivity index (χ3n) is 2.51. The van der Waals surface area contributed by atoms with Gasteiger partial charge in [0.15, 0.2) is 0 Å². The summed E-state index contributed by atoms with van der Waals surface area (Å²) in [7, 11) is 0. The molecule has 0 aliphatic carbocycles. The number of aromatic nitrogens is 3. The van der Waals surface area contributed by atoms with Gasteiger partial charge in [-0.05, 0) is 18.6 Å². The fraction of sp³-hybridized carbons (Fsp3) is 0.250. The number of nitrogens with zero attached hydrogens (tertiary/aromatic N) is 3. The van der Waals surface area contributed by atoms with Crippen LogP contribution < -0.4 is 11.1 Å². The van der Waals surface area contributed by atoms with Crippen LogP contribution in [0.1, 0.15) is 16.8 Å². The molecule has 0 saturated carbocycles. The smallest absolute Gasteiger partial charge is 0.251 e. The van der Waals surface area contributed by atoms with Crippen molar-refractivity contribution in [2.75, 3.05) is 12.3 Å². The van der Waals surface area contributed by atoms with Gasteiger partial charge < -0.3 is 15.6 Å². The van der Waals surface area contributed by atoms with E-state index in [-0.39, 0.29) is 16.9 Å². The van der Waals surface area contributed by atoms with Gasteiger partial charge in [0.05, 0.1) is 6.33 Å². The maximum absolute atomic E-state index is 11.8. The first-order valence-electron chi connectivity index (χ1n) is 5.82. The Morgan fingerprint density at radius 1 is 1.47 bits per heavy atom. The molecule has 2 aromatic rings. The van der Waals surface area contributed by atoms with Crippen LogP contribution >= 0.6 is 11.6 Å². The number of hydrogen-bond donors (Lipinski definition) is 2. The molecule has 3 N–H and O–H groups in total. The number of hydrogen-bond acceptors (Lipinski definition) is 4. The van der Waals surface area contributed by atoms with Crippen molar-refractivity contribution in [2.45, 2.75) is 13.0 Å². The Kier molecular flexibility index (Phi) is 4.35. The molecule has 0 aromatic carbocycles. The van der Waals surface area contributed by atoms with Crippen molar-refractivity contribution in [3.63, 3.8) is 0 Å². The molecule has 2 rings (SSSR count). The van der Waals surface area contributed by atoms with Crippen LogP contribution in [0.15, 0.2) is 30.9 Å². The molecule has 0 saturated heterocycles. The average molecular weight is 280 g/mol. The highest BCUT2D eigenvalue weighted by molar-refractivity contribution is 6.29. The van der Waals surface area contributed by atoms with Crippen LogP contribution in [0.2, 0.25) is 5.15 Å². The maximum atomic E-state index is 11.8. The number of pyridine rings is 1. The monoisotopic (exact) mass is 279 g/mol. The topological polar surface area (TPSA) is 85.8 Å². The second-order valence-electron chi connectivity index (χ2n) is 4.01. The Balaban J connectivity index is 1.80. The van der Waals surface area contributed by atoms with E-state index in [1.54, 1.807) is 12.5 Å². The standard InChI is InChI=1S/C12H14ClN5O/c13-10-6-9(7-11(14)17-10)12(19)16-2-1-4-18-5-3-15-8-18/h3,5-8H,1-2,4H2,(H2,14,17)(H,16,19). The van der Waals surface area contributed by atoms with E-state index in [0.29, 0.717) is 12.1 Å². The number of nitrogen functional groups attached to an aromatic ring is 1. The highest BCUT2D eigenvalue weighted by Gasteiger charge is 2.07. The predicted octanol–water partition coefficient (Wildman–Crippen LogP) is 1.33. The third kappa shape index (κ3) is 3.96. The first-order chi connectivity index (χ1) is 9.15. The van der Waals surface area contributed by atoms with Crippen LogP contribution in [0, 0.1) is 0 Å². The van der Waals surface area contributed by atoms with E-state index in [1.165, 1.54) is 12.1 Å². The lowest BCUT2D eigenvalue weighted by Gasteiger charge is -2.06. The predicted molar refractivity (Wildman–Crippen MR) is 72.8 cm³/mol. The SMILES string of the molecule is Nc1cc(C(=O)NCCCn2ccnc2)cc(Cl)n1. The minimum Gasteiger partial charge on any atom is -0.384 e. The Bertz CT molecular complexity index is 535. The van der Waals surface area contributed by atoms with Gasteiger partial charge in [0.1, 0.15) is 11.0 Å². The summed E-state index contributed by atoms with van der Waals surface area (Å²) < 4.78 is 1.95. The quantitative estimate of drug-likeness (QED) is 0.639. The third-order valence-corrected chi connectivity index (χ3v) is 2.71. The second kappa shape index (κ2) is 6.19. The van der Waals surface area contributed by atoms with Crippen molar-refractivity contribution in [3.05, 3.63) is 41.6 Å². The summed E-state index contributed by atoms with van der Waals surface area (Å²) in [5.74, 6) is 0.0256. The Morgan fingerprint density at radius 3 is 3.00 bits per heavy atom. The van der Waals surface area contributed by atoms with Crippen molar-refractivity contribution in [3.8, 4) is 0 Å². The van der Waals surface area contributed by atoms with Gasteiger partial charge in [-0.3, -0.25) is 4.79 Å². The van der Waals surface area contributed by atoms with Gasteiger partial charge in [-0.1, -0.05) is 11.6 Å². The number of anilines is 1. The lowest BCUT2D eigenvalue weighted by atomic mass is 10.2. The molecule has 19 heavy (non-hydrogen) atoms. The molecule has 0 aliphatic rings. The molecule has 6 nitrogen and oxygen atoms in total. The lowest BCUT2D eigenvalue weighted by molar-refractivity contribution is 0.0952. The van der Waals surface area contributed by atoms with Crippen LogP contribution in [-0.2, 0) is 6.54 Å². The van der Waals surface area contributed by atoms with E-state index in [9.17, 15) is 4.79 Å². The van der Waals surface area contributed by atoms with E-state index < -0.39 is 0 Å². The summed E-state index contributed by atoms with van der Waals surface area (Å²) in [5, 5.41) is 3.01. The zero-order chi connectivity index (χ0) is 13.7. The molecule has 7 heteroatoms. The van der Waals surface area contributed by atoms with Crippen molar-refractivity contribution in [1.29, 1.82) is 0 Å². The molecule has 0 spiro atoms. The molecule has 0 radical (unpaired) electrons. The summed E-state index contributed by atoms with van der Waals surface area (Å²) in [6.45, 7) is 1.37. The fourth-order valence-electron chi connectivity index (χ4n) is 1.63. The lowest BCUT2D eigenvalue weighted by Crippen LogP contribution is -2.25. The summed E-state index contributed by atoms with van der Waals surface area (Å²) >= 11 is 5.74. The highest BCUT2D eigenvalue weighted by Crippen LogP contribution is 2.11. The Hall–Kier alpha value is -2.08. The van der Waals surface area contributed by atoms with Crippen molar-refractivity contribution < 1.29 is 4.79 Å². The minimum atomic E-state index is -0.207. The number of aryl methyl sites for hydroxylation is 1. The number of carbonyl (C=O) groups excluding carboxylic acids is 1. The normalized spacial score (nSPS) is 10.4. The van der Waals surface area contributed by atoms with E-state index >= 15 is 0 Å². The molecular formula is C12H14ClN5O. The number of imidazole rings is 1. The van der Waals surface area contributed by atoms with Gasteiger partial charge in [0.25, 0.3) is 5.91 Å². The average Bonchev–Trinajstić information content (AvgIpc) is 2.86. The van der Waals surface area contributed by atoms with Crippen LogP contribution in [0.4, 0.5) is 5.82 Å². The van der Waals surface area contributed by atoms with Gasteiger partial charge in [0.2, 0.25) is 0 Å². The number of rotatable bonds is 5. The van der Waals surface area contributed by atoms with Gasteiger partial charge in [-0.15, -0.1) is 0 Å². The molecule has 2 heterocycles.